The minimum atomic E-state index is 0.465. The highest BCUT2D eigenvalue weighted by molar-refractivity contribution is 9.10. The molecule has 1 aliphatic heterocycles. The molecule has 0 aliphatic carbocycles. The molecule has 1 saturated heterocycles. The summed E-state index contributed by atoms with van der Waals surface area (Å²) < 4.78 is 6.71. The molecule has 3 atom stereocenters. The molecule has 3 unspecified atom stereocenters. The Bertz CT molecular complexity index is 362. The Kier molecular flexibility index (Phi) is 3.17. The van der Waals surface area contributed by atoms with Gasteiger partial charge in [-0.15, -0.1) is 0 Å². The quantitative estimate of drug-likeness (QED) is 0.762. The second-order valence-corrected chi connectivity index (χ2v) is 5.37. The zero-order chi connectivity index (χ0) is 11.0. The minimum Gasteiger partial charge on any atom is -0.370 e. The highest BCUT2D eigenvalue weighted by atomic mass is 79.9. The van der Waals surface area contributed by atoms with Gasteiger partial charge >= 0.3 is 0 Å². The summed E-state index contributed by atoms with van der Waals surface area (Å²) in [5.74, 6) is 0.619. The molecule has 1 aromatic carbocycles. The van der Waals surface area contributed by atoms with Crippen LogP contribution in [0.25, 0.3) is 0 Å². The maximum atomic E-state index is 5.51. The van der Waals surface area contributed by atoms with E-state index < -0.39 is 0 Å². The molecular weight excluding hydrogens is 252 g/mol. The molecule has 1 fully saturated rings. The topological polar surface area (TPSA) is 12.5 Å². The van der Waals surface area contributed by atoms with Crippen LogP contribution in [0.4, 0.5) is 0 Å². The molecule has 1 aromatic rings. The Morgan fingerprint density at radius 2 is 2.13 bits per heavy atom. The standard InChI is InChI=1S/C13H17BrO/c1-8(13-10(3)15-13)7-11-5-4-6-12(14)9(11)2/h4-6,8,10,13H,7H2,1-3H3. The maximum absolute atomic E-state index is 5.51. The van der Waals surface area contributed by atoms with Gasteiger partial charge in [0.05, 0.1) is 12.2 Å². The summed E-state index contributed by atoms with van der Waals surface area (Å²) in [6, 6.07) is 6.42. The van der Waals surface area contributed by atoms with E-state index in [1.165, 1.54) is 15.6 Å². The van der Waals surface area contributed by atoms with Crippen molar-refractivity contribution in [3.63, 3.8) is 0 Å². The Balaban J connectivity index is 2.07. The van der Waals surface area contributed by atoms with E-state index in [0.29, 0.717) is 18.1 Å². The van der Waals surface area contributed by atoms with E-state index in [2.05, 4.69) is 54.9 Å². The normalized spacial score (nSPS) is 26.4. The van der Waals surface area contributed by atoms with E-state index in [1.54, 1.807) is 0 Å². The summed E-state index contributed by atoms with van der Waals surface area (Å²) in [6.07, 6.45) is 2.05. The van der Waals surface area contributed by atoms with Gasteiger partial charge < -0.3 is 4.74 Å². The molecule has 1 heterocycles. The molecule has 0 radical (unpaired) electrons. The van der Waals surface area contributed by atoms with Gasteiger partial charge in [0.1, 0.15) is 0 Å². The van der Waals surface area contributed by atoms with Crippen LogP contribution in [0.5, 0.6) is 0 Å². The molecule has 1 aliphatic rings. The van der Waals surface area contributed by atoms with Crippen molar-refractivity contribution in [3.05, 3.63) is 33.8 Å². The van der Waals surface area contributed by atoms with Crippen LogP contribution in [0, 0.1) is 12.8 Å². The van der Waals surface area contributed by atoms with Crippen molar-refractivity contribution in [2.45, 2.75) is 39.4 Å². The molecule has 15 heavy (non-hydrogen) atoms. The summed E-state index contributed by atoms with van der Waals surface area (Å²) in [7, 11) is 0. The molecular formula is C13H17BrO. The van der Waals surface area contributed by atoms with Gasteiger partial charge in [-0.2, -0.15) is 0 Å². The number of hydrogen-bond acceptors (Lipinski definition) is 1. The van der Waals surface area contributed by atoms with Gasteiger partial charge in [0.15, 0.2) is 0 Å². The minimum absolute atomic E-state index is 0.465. The summed E-state index contributed by atoms with van der Waals surface area (Å²) in [5.41, 5.74) is 2.79. The summed E-state index contributed by atoms with van der Waals surface area (Å²) in [6.45, 7) is 6.59. The highest BCUT2D eigenvalue weighted by Gasteiger charge is 2.38. The van der Waals surface area contributed by atoms with Crippen LogP contribution in [-0.2, 0) is 11.2 Å². The fourth-order valence-corrected chi connectivity index (χ4v) is 2.54. The van der Waals surface area contributed by atoms with Crippen LogP contribution >= 0.6 is 15.9 Å². The van der Waals surface area contributed by atoms with E-state index in [9.17, 15) is 0 Å². The predicted molar refractivity (Wildman–Crippen MR) is 66.1 cm³/mol. The van der Waals surface area contributed by atoms with Crippen molar-refractivity contribution in [1.29, 1.82) is 0 Å². The van der Waals surface area contributed by atoms with Gasteiger partial charge in [0.2, 0.25) is 0 Å². The zero-order valence-electron chi connectivity index (χ0n) is 9.46. The molecule has 2 heteroatoms. The second kappa shape index (κ2) is 4.26. The molecule has 0 aromatic heterocycles. The Hall–Kier alpha value is -0.340. The van der Waals surface area contributed by atoms with E-state index in [0.717, 1.165) is 6.42 Å². The van der Waals surface area contributed by atoms with Gasteiger partial charge in [0, 0.05) is 4.47 Å². The zero-order valence-corrected chi connectivity index (χ0v) is 11.0. The molecule has 0 spiro atoms. The lowest BCUT2D eigenvalue weighted by atomic mass is 9.94. The summed E-state index contributed by atoms with van der Waals surface area (Å²) in [5, 5.41) is 0. The Labute approximate surface area is 100.0 Å². The molecule has 0 N–H and O–H groups in total. The van der Waals surface area contributed by atoms with E-state index in [-0.39, 0.29) is 0 Å². The van der Waals surface area contributed by atoms with Crippen molar-refractivity contribution < 1.29 is 4.74 Å². The van der Waals surface area contributed by atoms with Crippen molar-refractivity contribution in [1.82, 2.24) is 0 Å². The average molecular weight is 269 g/mol. The highest BCUT2D eigenvalue weighted by Crippen LogP contribution is 2.32. The largest absolute Gasteiger partial charge is 0.370 e. The summed E-state index contributed by atoms with van der Waals surface area (Å²) in [4.78, 5) is 0. The first-order valence-electron chi connectivity index (χ1n) is 5.49. The fraction of sp³-hybridized carbons (Fsp3) is 0.538. The third-order valence-corrected chi connectivity index (χ3v) is 4.10. The lowest BCUT2D eigenvalue weighted by Crippen LogP contribution is -2.10. The predicted octanol–water partition coefficient (Wildman–Crippen LogP) is 3.72. The van der Waals surface area contributed by atoms with Crippen molar-refractivity contribution in [2.24, 2.45) is 5.92 Å². The number of ether oxygens (including phenoxy) is 1. The first-order chi connectivity index (χ1) is 7.09. The Morgan fingerprint density at radius 3 is 2.73 bits per heavy atom. The maximum Gasteiger partial charge on any atom is 0.0867 e. The van der Waals surface area contributed by atoms with Gasteiger partial charge in [-0.05, 0) is 43.4 Å². The Morgan fingerprint density at radius 1 is 1.47 bits per heavy atom. The van der Waals surface area contributed by atoms with Crippen LogP contribution in [0.2, 0.25) is 0 Å². The van der Waals surface area contributed by atoms with Gasteiger partial charge in [-0.1, -0.05) is 35.0 Å². The third kappa shape index (κ3) is 2.43. The van der Waals surface area contributed by atoms with Crippen LogP contribution < -0.4 is 0 Å². The van der Waals surface area contributed by atoms with Crippen LogP contribution in [0.1, 0.15) is 25.0 Å². The molecule has 0 amide bonds. The van der Waals surface area contributed by atoms with E-state index in [1.807, 2.05) is 0 Å². The SMILES string of the molecule is Cc1c(Br)cccc1CC(C)C1OC1C. The smallest absolute Gasteiger partial charge is 0.0867 e. The molecule has 0 saturated carbocycles. The second-order valence-electron chi connectivity index (χ2n) is 4.51. The van der Waals surface area contributed by atoms with Crippen LogP contribution in [0.3, 0.4) is 0 Å². The number of epoxide rings is 1. The number of benzene rings is 1. The number of halogens is 1. The van der Waals surface area contributed by atoms with Crippen molar-refractivity contribution >= 4 is 15.9 Å². The third-order valence-electron chi connectivity index (χ3n) is 3.24. The first kappa shape index (κ1) is 11.2. The van der Waals surface area contributed by atoms with Crippen molar-refractivity contribution in [2.75, 3.05) is 0 Å². The van der Waals surface area contributed by atoms with E-state index in [4.69, 9.17) is 4.74 Å². The van der Waals surface area contributed by atoms with Crippen LogP contribution in [0.15, 0.2) is 22.7 Å². The molecule has 82 valence electrons. The van der Waals surface area contributed by atoms with Gasteiger partial charge in [-0.3, -0.25) is 0 Å². The van der Waals surface area contributed by atoms with Gasteiger partial charge in [0.25, 0.3) is 0 Å². The van der Waals surface area contributed by atoms with E-state index >= 15 is 0 Å². The monoisotopic (exact) mass is 268 g/mol. The number of hydrogen-bond donors (Lipinski definition) is 0. The van der Waals surface area contributed by atoms with Crippen LogP contribution in [-0.4, -0.2) is 12.2 Å². The first-order valence-corrected chi connectivity index (χ1v) is 6.28. The lowest BCUT2D eigenvalue weighted by Gasteiger charge is -2.12. The van der Waals surface area contributed by atoms with Crippen molar-refractivity contribution in [3.8, 4) is 0 Å². The van der Waals surface area contributed by atoms with Gasteiger partial charge in [-0.25, -0.2) is 0 Å². The molecule has 2 rings (SSSR count). The lowest BCUT2D eigenvalue weighted by molar-refractivity contribution is 0.328. The summed E-state index contributed by atoms with van der Waals surface area (Å²) >= 11 is 3.57. The molecule has 0 bridgehead atoms. The fourth-order valence-electron chi connectivity index (χ4n) is 2.14. The number of rotatable bonds is 3. The molecule has 1 nitrogen and oxygen atoms in total. The average Bonchev–Trinajstić information content (AvgIpc) is 2.91.